The molecule has 1 N–H and O–H groups in total. The van der Waals surface area contributed by atoms with Crippen molar-refractivity contribution >= 4 is 33.6 Å². The van der Waals surface area contributed by atoms with Gasteiger partial charge in [-0.05, 0) is 28.1 Å². The van der Waals surface area contributed by atoms with Crippen LogP contribution in [0.1, 0.15) is 0 Å². The van der Waals surface area contributed by atoms with E-state index in [9.17, 15) is 9.59 Å². The van der Waals surface area contributed by atoms with Gasteiger partial charge in [-0.25, -0.2) is 4.79 Å². The van der Waals surface area contributed by atoms with Crippen LogP contribution in [-0.4, -0.2) is 25.6 Å². The lowest BCUT2D eigenvalue weighted by atomic mass is 10.3. The Kier molecular flexibility index (Phi) is 4.69. The molecule has 0 aliphatic heterocycles. The van der Waals surface area contributed by atoms with Crippen molar-refractivity contribution in [2.24, 2.45) is 4.99 Å². The number of carbonyl (C=O) groups excluding carboxylic acids is 2. The van der Waals surface area contributed by atoms with Gasteiger partial charge in [-0.1, -0.05) is 0 Å². The number of carbonyl (C=O) groups is 1. The van der Waals surface area contributed by atoms with Gasteiger partial charge in [0.05, 0.1) is 5.69 Å². The second-order valence-electron chi connectivity index (χ2n) is 2.78. The summed E-state index contributed by atoms with van der Waals surface area (Å²) in [6.07, 6.45) is 1.44. The molecule has 0 radical (unpaired) electrons. The second kappa shape index (κ2) is 6.05. The van der Waals surface area contributed by atoms with Crippen molar-refractivity contribution in [3.63, 3.8) is 0 Å². The highest BCUT2D eigenvalue weighted by molar-refractivity contribution is 9.10. The average Bonchev–Trinajstić information content (AvgIpc) is 2.30. The fraction of sp³-hybridized carbons (Fsp3) is 0.200. The number of nitrogens with one attached hydrogen (secondary N) is 1. The summed E-state index contributed by atoms with van der Waals surface area (Å²) in [6, 6.07) is 4.88. The molecule has 84 valence electrons. The first-order valence-corrected chi connectivity index (χ1v) is 5.17. The minimum Gasteiger partial charge on any atom is -0.484 e. The molecule has 0 bridgehead atoms. The SMILES string of the molecule is CNC(=O)COc1ccc(Br)c(N=C=O)c1. The molecule has 6 heteroatoms. The fourth-order valence-electron chi connectivity index (χ4n) is 0.938. The van der Waals surface area contributed by atoms with Gasteiger partial charge in [0.25, 0.3) is 5.91 Å². The number of ether oxygens (including phenoxy) is 1. The lowest BCUT2D eigenvalue weighted by Gasteiger charge is -2.06. The first-order valence-electron chi connectivity index (χ1n) is 4.38. The lowest BCUT2D eigenvalue weighted by molar-refractivity contribution is -0.122. The van der Waals surface area contributed by atoms with E-state index >= 15 is 0 Å². The average molecular weight is 285 g/mol. The molecule has 0 saturated heterocycles. The van der Waals surface area contributed by atoms with E-state index in [1.165, 1.54) is 19.2 Å². The van der Waals surface area contributed by atoms with Crippen LogP contribution >= 0.6 is 15.9 Å². The lowest BCUT2D eigenvalue weighted by Crippen LogP contribution is -2.24. The molecule has 1 aromatic carbocycles. The van der Waals surface area contributed by atoms with Crippen molar-refractivity contribution in [3.8, 4) is 5.75 Å². The maximum absolute atomic E-state index is 10.9. The molecule has 1 rings (SSSR count). The van der Waals surface area contributed by atoms with Gasteiger partial charge in [-0.2, -0.15) is 4.99 Å². The van der Waals surface area contributed by atoms with Crippen LogP contribution < -0.4 is 10.1 Å². The molecule has 0 saturated carbocycles. The number of halogens is 1. The van der Waals surface area contributed by atoms with E-state index in [4.69, 9.17) is 4.74 Å². The number of hydrogen-bond donors (Lipinski definition) is 1. The molecule has 1 aromatic rings. The van der Waals surface area contributed by atoms with Crippen LogP contribution in [0.2, 0.25) is 0 Å². The Bertz CT molecular complexity index is 442. The maximum Gasteiger partial charge on any atom is 0.257 e. The van der Waals surface area contributed by atoms with Crippen molar-refractivity contribution in [1.29, 1.82) is 0 Å². The predicted octanol–water partition coefficient (Wildman–Crippen LogP) is 1.54. The van der Waals surface area contributed by atoms with Crippen LogP contribution in [0, 0.1) is 0 Å². The molecule has 0 aliphatic rings. The van der Waals surface area contributed by atoms with Crippen molar-refractivity contribution in [2.75, 3.05) is 13.7 Å². The van der Waals surface area contributed by atoms with Gasteiger partial charge in [0.15, 0.2) is 6.61 Å². The van der Waals surface area contributed by atoms with E-state index in [0.717, 1.165) is 0 Å². The zero-order chi connectivity index (χ0) is 12.0. The highest BCUT2D eigenvalue weighted by Gasteiger charge is 2.03. The Balaban J connectivity index is 2.78. The van der Waals surface area contributed by atoms with E-state index in [2.05, 4.69) is 26.2 Å². The zero-order valence-electron chi connectivity index (χ0n) is 8.49. The molecule has 0 fully saturated rings. The highest BCUT2D eigenvalue weighted by atomic mass is 79.9. The Morgan fingerprint density at radius 1 is 1.62 bits per heavy atom. The van der Waals surface area contributed by atoms with Crippen molar-refractivity contribution in [3.05, 3.63) is 22.7 Å². The van der Waals surface area contributed by atoms with Crippen molar-refractivity contribution < 1.29 is 14.3 Å². The van der Waals surface area contributed by atoms with Crippen LogP contribution in [0.5, 0.6) is 5.75 Å². The van der Waals surface area contributed by atoms with Gasteiger partial charge in [-0.3, -0.25) is 4.79 Å². The molecule has 0 spiro atoms. The van der Waals surface area contributed by atoms with Crippen LogP contribution in [0.4, 0.5) is 5.69 Å². The van der Waals surface area contributed by atoms with Crippen molar-refractivity contribution in [2.45, 2.75) is 0 Å². The third-order valence-corrected chi connectivity index (χ3v) is 2.40. The minimum absolute atomic E-state index is 0.0810. The number of hydrogen-bond acceptors (Lipinski definition) is 4. The quantitative estimate of drug-likeness (QED) is 0.674. The molecular formula is C10H9BrN2O3. The number of likely N-dealkylation sites (N-methyl/N-ethyl adjacent to an activating group) is 1. The van der Waals surface area contributed by atoms with E-state index in [-0.39, 0.29) is 12.5 Å². The van der Waals surface area contributed by atoms with Gasteiger partial charge in [0.1, 0.15) is 5.75 Å². The summed E-state index contributed by atoms with van der Waals surface area (Å²) in [4.78, 5) is 24.5. The summed E-state index contributed by atoms with van der Waals surface area (Å²) < 4.78 is 5.83. The van der Waals surface area contributed by atoms with E-state index in [1.54, 1.807) is 12.1 Å². The minimum atomic E-state index is -0.233. The number of benzene rings is 1. The van der Waals surface area contributed by atoms with Crippen LogP contribution in [0.15, 0.2) is 27.7 Å². The van der Waals surface area contributed by atoms with E-state index in [1.807, 2.05) is 0 Å². The first-order chi connectivity index (χ1) is 7.67. The molecular weight excluding hydrogens is 276 g/mol. The largest absolute Gasteiger partial charge is 0.484 e. The Hall–Kier alpha value is -1.65. The third-order valence-electron chi connectivity index (χ3n) is 1.73. The molecule has 0 heterocycles. The smallest absolute Gasteiger partial charge is 0.257 e. The summed E-state index contributed by atoms with van der Waals surface area (Å²) in [7, 11) is 1.52. The highest BCUT2D eigenvalue weighted by Crippen LogP contribution is 2.29. The van der Waals surface area contributed by atoms with Crippen molar-refractivity contribution in [1.82, 2.24) is 5.32 Å². The topological polar surface area (TPSA) is 67.8 Å². The summed E-state index contributed by atoms with van der Waals surface area (Å²) in [5, 5.41) is 2.43. The number of aliphatic imine (C=N–C) groups is 1. The van der Waals surface area contributed by atoms with Gasteiger partial charge in [-0.15, -0.1) is 0 Å². The van der Waals surface area contributed by atoms with Crippen LogP contribution in [-0.2, 0) is 9.59 Å². The van der Waals surface area contributed by atoms with Crippen LogP contribution in [0.25, 0.3) is 0 Å². The zero-order valence-corrected chi connectivity index (χ0v) is 10.1. The molecule has 0 atom stereocenters. The molecule has 0 aliphatic carbocycles. The molecule has 16 heavy (non-hydrogen) atoms. The monoisotopic (exact) mass is 284 g/mol. The van der Waals surface area contributed by atoms with E-state index < -0.39 is 0 Å². The summed E-state index contributed by atoms with van der Waals surface area (Å²) in [6.45, 7) is -0.0810. The summed E-state index contributed by atoms with van der Waals surface area (Å²) >= 11 is 3.22. The second-order valence-corrected chi connectivity index (χ2v) is 3.63. The summed E-state index contributed by atoms with van der Waals surface area (Å²) in [5.74, 6) is 0.226. The summed E-state index contributed by atoms with van der Waals surface area (Å²) in [5.41, 5.74) is 0.407. The standard InChI is InChI=1S/C10H9BrN2O3/c1-12-10(15)5-16-7-2-3-8(11)9(4-7)13-6-14/h2-4H,5H2,1H3,(H,12,15). The molecule has 5 nitrogen and oxygen atoms in total. The number of rotatable bonds is 4. The molecule has 0 aromatic heterocycles. The molecule has 1 amide bonds. The number of nitrogens with zero attached hydrogens (tertiary/aromatic N) is 1. The maximum atomic E-state index is 10.9. The first kappa shape index (κ1) is 12.4. The number of isocyanates is 1. The van der Waals surface area contributed by atoms with Gasteiger partial charge >= 0.3 is 0 Å². The fourth-order valence-corrected chi connectivity index (χ4v) is 1.27. The predicted molar refractivity (Wildman–Crippen MR) is 61.5 cm³/mol. The Morgan fingerprint density at radius 3 is 3.00 bits per heavy atom. The van der Waals surface area contributed by atoms with Gasteiger partial charge in [0, 0.05) is 17.6 Å². The van der Waals surface area contributed by atoms with Crippen LogP contribution in [0.3, 0.4) is 0 Å². The molecule has 0 unspecified atom stereocenters. The van der Waals surface area contributed by atoms with E-state index in [0.29, 0.717) is 15.9 Å². The Labute approximate surface area is 101 Å². The van der Waals surface area contributed by atoms with Gasteiger partial charge in [0.2, 0.25) is 6.08 Å². The normalized spacial score (nSPS) is 9.12. The van der Waals surface area contributed by atoms with Gasteiger partial charge < -0.3 is 10.1 Å². The third kappa shape index (κ3) is 3.49. The Morgan fingerprint density at radius 2 is 2.38 bits per heavy atom. The number of amides is 1.